The van der Waals surface area contributed by atoms with Gasteiger partial charge >= 0.3 is 6.03 Å². The van der Waals surface area contributed by atoms with Crippen LogP contribution in [0.5, 0.6) is 5.75 Å². The number of hydrogen-bond donors (Lipinski definition) is 2. The molecule has 2 N–H and O–H groups in total. The van der Waals surface area contributed by atoms with E-state index in [0.717, 1.165) is 11.3 Å². The average Bonchev–Trinajstić information content (AvgIpc) is 2.79. The molecule has 0 radical (unpaired) electrons. The molecular weight excluding hydrogens is 310 g/mol. The van der Waals surface area contributed by atoms with E-state index in [2.05, 4.69) is 10.6 Å². The van der Waals surface area contributed by atoms with Gasteiger partial charge in [0.1, 0.15) is 17.8 Å². The molecule has 2 unspecified atom stereocenters. The van der Waals surface area contributed by atoms with Crippen LogP contribution in [0.4, 0.5) is 4.79 Å². The van der Waals surface area contributed by atoms with Crippen LogP contribution >= 0.6 is 0 Å². The number of carbonyl (C=O) groups is 3. The number of carbonyl (C=O) groups excluding carboxylic acids is 3. The van der Waals surface area contributed by atoms with Gasteiger partial charge in [-0.3, -0.25) is 14.5 Å². The van der Waals surface area contributed by atoms with E-state index < -0.39 is 17.5 Å². The normalized spacial score (nSPS) is 21.4. The van der Waals surface area contributed by atoms with Crippen molar-refractivity contribution < 1.29 is 19.1 Å². The fraction of sp³-hybridized carbons (Fsp3) is 0.471. The fourth-order valence-corrected chi connectivity index (χ4v) is 2.53. The Hall–Kier alpha value is -2.57. The van der Waals surface area contributed by atoms with Gasteiger partial charge in [-0.15, -0.1) is 0 Å². The summed E-state index contributed by atoms with van der Waals surface area (Å²) in [6.07, 6.45) is 0.773. The summed E-state index contributed by atoms with van der Waals surface area (Å²) in [5.74, 6) is -0.146. The van der Waals surface area contributed by atoms with Crippen molar-refractivity contribution in [1.29, 1.82) is 0 Å². The fourth-order valence-electron chi connectivity index (χ4n) is 2.53. The molecule has 0 saturated carbocycles. The summed E-state index contributed by atoms with van der Waals surface area (Å²) in [5, 5.41) is 5.42. The van der Waals surface area contributed by atoms with E-state index in [1.54, 1.807) is 38.3 Å². The molecule has 7 heteroatoms. The number of imide groups is 1. The number of amides is 4. The van der Waals surface area contributed by atoms with Gasteiger partial charge in [0.15, 0.2) is 0 Å². The Morgan fingerprint density at radius 2 is 1.96 bits per heavy atom. The lowest BCUT2D eigenvalue weighted by Gasteiger charge is -2.22. The first-order chi connectivity index (χ1) is 11.3. The molecule has 0 aromatic heterocycles. The number of nitrogens with one attached hydrogen (secondary N) is 2. The molecule has 2 atom stereocenters. The molecule has 0 aliphatic carbocycles. The van der Waals surface area contributed by atoms with Gasteiger partial charge in [0, 0.05) is 6.04 Å². The van der Waals surface area contributed by atoms with Gasteiger partial charge in [-0.05, 0) is 38.0 Å². The average molecular weight is 333 g/mol. The Morgan fingerprint density at radius 1 is 1.33 bits per heavy atom. The molecule has 4 amide bonds. The Balaban J connectivity index is 2.16. The van der Waals surface area contributed by atoms with Gasteiger partial charge in [-0.1, -0.05) is 19.1 Å². The van der Waals surface area contributed by atoms with Gasteiger partial charge in [0.05, 0.1) is 7.11 Å². The van der Waals surface area contributed by atoms with Crippen LogP contribution in [0.25, 0.3) is 0 Å². The van der Waals surface area contributed by atoms with Crippen LogP contribution in [-0.2, 0) is 15.1 Å². The van der Waals surface area contributed by atoms with Crippen LogP contribution in [0, 0.1) is 0 Å². The lowest BCUT2D eigenvalue weighted by molar-refractivity contribution is -0.135. The highest BCUT2D eigenvalue weighted by Gasteiger charge is 2.49. The van der Waals surface area contributed by atoms with Crippen molar-refractivity contribution in [2.45, 2.75) is 38.8 Å². The van der Waals surface area contributed by atoms with Gasteiger partial charge in [-0.25, -0.2) is 4.79 Å². The zero-order chi connectivity index (χ0) is 17.9. The molecule has 24 heavy (non-hydrogen) atoms. The number of nitrogens with zero attached hydrogens (tertiary/aromatic N) is 1. The quantitative estimate of drug-likeness (QED) is 0.770. The van der Waals surface area contributed by atoms with Gasteiger partial charge in [0.25, 0.3) is 5.91 Å². The van der Waals surface area contributed by atoms with Crippen LogP contribution in [-0.4, -0.2) is 42.4 Å². The third-order valence-corrected chi connectivity index (χ3v) is 4.26. The van der Waals surface area contributed by atoms with Gasteiger partial charge < -0.3 is 15.4 Å². The van der Waals surface area contributed by atoms with Crippen molar-refractivity contribution in [1.82, 2.24) is 15.5 Å². The highest BCUT2D eigenvalue weighted by molar-refractivity contribution is 6.09. The first kappa shape index (κ1) is 17.8. The lowest BCUT2D eigenvalue weighted by atomic mass is 9.92. The summed E-state index contributed by atoms with van der Waals surface area (Å²) < 4.78 is 5.10. The summed E-state index contributed by atoms with van der Waals surface area (Å²) in [6.45, 7) is 5.15. The Morgan fingerprint density at radius 3 is 2.50 bits per heavy atom. The Labute approximate surface area is 141 Å². The van der Waals surface area contributed by atoms with Crippen LogP contribution < -0.4 is 15.4 Å². The van der Waals surface area contributed by atoms with Crippen LogP contribution in [0.15, 0.2) is 24.3 Å². The molecule has 1 heterocycles. The summed E-state index contributed by atoms with van der Waals surface area (Å²) in [6, 6.07) is 6.31. The van der Waals surface area contributed by atoms with Gasteiger partial charge in [-0.2, -0.15) is 0 Å². The molecule has 7 nitrogen and oxygen atoms in total. The number of urea groups is 1. The largest absolute Gasteiger partial charge is 0.497 e. The SMILES string of the molecule is CCC(C)NC(=O)CN1C(=O)NC(C)(c2ccc(OC)cc2)C1=O. The first-order valence-electron chi connectivity index (χ1n) is 7.89. The summed E-state index contributed by atoms with van der Waals surface area (Å²) in [7, 11) is 1.55. The molecule has 130 valence electrons. The molecule has 1 saturated heterocycles. The van der Waals surface area contributed by atoms with Gasteiger partial charge in [0.2, 0.25) is 5.91 Å². The van der Waals surface area contributed by atoms with Crippen molar-refractivity contribution in [2.75, 3.05) is 13.7 Å². The minimum Gasteiger partial charge on any atom is -0.497 e. The highest BCUT2D eigenvalue weighted by Crippen LogP contribution is 2.29. The predicted octanol–water partition coefficient (Wildman–Crippen LogP) is 1.38. The third kappa shape index (κ3) is 3.34. The second-order valence-corrected chi connectivity index (χ2v) is 6.05. The molecule has 1 aliphatic rings. The maximum absolute atomic E-state index is 12.7. The van der Waals surface area contributed by atoms with E-state index in [9.17, 15) is 14.4 Å². The van der Waals surface area contributed by atoms with Crippen molar-refractivity contribution in [3.05, 3.63) is 29.8 Å². The first-order valence-corrected chi connectivity index (χ1v) is 7.89. The smallest absolute Gasteiger partial charge is 0.325 e. The van der Waals surface area contributed by atoms with Crippen LogP contribution in [0.3, 0.4) is 0 Å². The molecule has 1 fully saturated rings. The maximum atomic E-state index is 12.7. The van der Waals surface area contributed by atoms with Crippen molar-refractivity contribution in [3.8, 4) is 5.75 Å². The van der Waals surface area contributed by atoms with Crippen molar-refractivity contribution in [2.24, 2.45) is 0 Å². The minimum atomic E-state index is -1.19. The molecule has 2 rings (SSSR count). The second kappa shape index (κ2) is 6.90. The Bertz CT molecular complexity index is 644. The number of benzene rings is 1. The van der Waals surface area contributed by atoms with Crippen molar-refractivity contribution >= 4 is 17.8 Å². The summed E-state index contributed by atoms with van der Waals surface area (Å²) in [5.41, 5.74) is -0.563. The topological polar surface area (TPSA) is 87.7 Å². The Kier molecular flexibility index (Phi) is 5.11. The molecular formula is C17H23N3O4. The number of methoxy groups -OCH3 is 1. The number of ether oxygens (including phenoxy) is 1. The number of rotatable bonds is 6. The predicted molar refractivity (Wildman–Crippen MR) is 88.5 cm³/mol. The van der Waals surface area contributed by atoms with Crippen molar-refractivity contribution in [3.63, 3.8) is 0 Å². The van der Waals surface area contributed by atoms with E-state index in [0.29, 0.717) is 11.3 Å². The number of hydrogen-bond acceptors (Lipinski definition) is 4. The zero-order valence-electron chi connectivity index (χ0n) is 14.4. The lowest BCUT2D eigenvalue weighted by Crippen LogP contribution is -2.44. The maximum Gasteiger partial charge on any atom is 0.325 e. The molecule has 1 aromatic rings. The van der Waals surface area contributed by atoms with E-state index in [-0.39, 0.29) is 18.5 Å². The van der Waals surface area contributed by atoms with E-state index in [1.807, 2.05) is 13.8 Å². The minimum absolute atomic E-state index is 0.00811. The summed E-state index contributed by atoms with van der Waals surface area (Å²) in [4.78, 5) is 37.8. The standard InChI is InChI=1S/C17H23N3O4/c1-5-11(2)18-14(21)10-20-15(22)17(3,19-16(20)23)12-6-8-13(24-4)9-7-12/h6-9,11H,5,10H2,1-4H3,(H,18,21)(H,19,23). The molecule has 0 spiro atoms. The van der Waals surface area contributed by atoms with Crippen LogP contribution in [0.2, 0.25) is 0 Å². The van der Waals surface area contributed by atoms with E-state index >= 15 is 0 Å². The monoisotopic (exact) mass is 333 g/mol. The highest BCUT2D eigenvalue weighted by atomic mass is 16.5. The summed E-state index contributed by atoms with van der Waals surface area (Å²) >= 11 is 0. The van der Waals surface area contributed by atoms with E-state index in [1.165, 1.54) is 0 Å². The second-order valence-electron chi connectivity index (χ2n) is 6.05. The molecule has 0 bridgehead atoms. The zero-order valence-corrected chi connectivity index (χ0v) is 14.4. The molecule has 1 aliphatic heterocycles. The van der Waals surface area contributed by atoms with E-state index in [4.69, 9.17) is 4.74 Å². The van der Waals surface area contributed by atoms with Crippen LogP contribution in [0.1, 0.15) is 32.8 Å². The molecule has 1 aromatic carbocycles. The third-order valence-electron chi connectivity index (χ3n) is 4.26.